The number of carbonyl (C=O) groups is 1. The van der Waals surface area contributed by atoms with Crippen molar-refractivity contribution in [2.24, 2.45) is 7.05 Å². The van der Waals surface area contributed by atoms with Gasteiger partial charge in [0.1, 0.15) is 12.1 Å². The predicted molar refractivity (Wildman–Crippen MR) is 77.1 cm³/mol. The Morgan fingerprint density at radius 1 is 1.38 bits per heavy atom. The number of aromatic nitrogens is 2. The third-order valence-electron chi connectivity index (χ3n) is 4.58. The van der Waals surface area contributed by atoms with Crippen LogP contribution in [0.1, 0.15) is 43.5 Å². The number of esters is 1. The molecule has 0 spiro atoms. The second-order valence-electron chi connectivity index (χ2n) is 6.03. The molecule has 0 radical (unpaired) electrons. The molecule has 0 amide bonds. The van der Waals surface area contributed by atoms with Gasteiger partial charge in [0.25, 0.3) is 0 Å². The number of methoxy groups -OCH3 is 1. The smallest absolute Gasteiger partial charge is 0.323 e. The van der Waals surface area contributed by atoms with E-state index in [0.717, 1.165) is 42.9 Å². The summed E-state index contributed by atoms with van der Waals surface area (Å²) in [6.07, 6.45) is 2.90. The summed E-state index contributed by atoms with van der Waals surface area (Å²) in [6.45, 7) is 4.89. The summed E-state index contributed by atoms with van der Waals surface area (Å²) in [5, 5.41) is 4.47. The van der Waals surface area contributed by atoms with Gasteiger partial charge in [-0.05, 0) is 33.2 Å². The van der Waals surface area contributed by atoms with Crippen molar-refractivity contribution in [2.75, 3.05) is 13.7 Å². The highest BCUT2D eigenvalue weighted by molar-refractivity contribution is 5.78. The van der Waals surface area contributed by atoms with Crippen LogP contribution < -0.4 is 4.74 Å². The van der Waals surface area contributed by atoms with Crippen molar-refractivity contribution in [3.8, 4) is 5.88 Å². The van der Waals surface area contributed by atoms with Gasteiger partial charge < -0.3 is 9.47 Å². The summed E-state index contributed by atoms with van der Waals surface area (Å²) >= 11 is 0. The molecule has 0 N–H and O–H groups in total. The third kappa shape index (κ3) is 2.31. The number of ether oxygens (including phenoxy) is 2. The zero-order valence-corrected chi connectivity index (χ0v) is 13.1. The van der Waals surface area contributed by atoms with Crippen LogP contribution in [0.3, 0.4) is 0 Å². The molecule has 2 saturated heterocycles. The van der Waals surface area contributed by atoms with Crippen LogP contribution in [0.2, 0.25) is 0 Å². The fourth-order valence-electron chi connectivity index (χ4n) is 3.76. The van der Waals surface area contributed by atoms with E-state index in [4.69, 9.17) is 9.47 Å². The minimum Gasteiger partial charge on any atom is -0.481 e. The molecule has 1 aromatic rings. The highest BCUT2D eigenvalue weighted by Crippen LogP contribution is 2.41. The van der Waals surface area contributed by atoms with Gasteiger partial charge in [0.15, 0.2) is 0 Å². The molecule has 0 saturated carbocycles. The van der Waals surface area contributed by atoms with Gasteiger partial charge in [-0.15, -0.1) is 0 Å². The van der Waals surface area contributed by atoms with Gasteiger partial charge in [-0.3, -0.25) is 9.69 Å². The number of aryl methyl sites for hydroxylation is 2. The SMILES string of the molecule is COc1c([C@@H]2CCCN2[C@H]2C[C@@H](C)OC2=O)c(C)nn1C. The average Bonchev–Trinajstić information content (AvgIpc) is 3.07. The van der Waals surface area contributed by atoms with E-state index in [0.29, 0.717) is 0 Å². The van der Waals surface area contributed by atoms with Gasteiger partial charge in [-0.25, -0.2) is 4.68 Å². The molecule has 21 heavy (non-hydrogen) atoms. The summed E-state index contributed by atoms with van der Waals surface area (Å²) in [4.78, 5) is 14.4. The summed E-state index contributed by atoms with van der Waals surface area (Å²) in [7, 11) is 3.56. The molecule has 2 aliphatic heterocycles. The Kier molecular flexibility index (Phi) is 3.65. The maximum absolute atomic E-state index is 12.1. The third-order valence-corrected chi connectivity index (χ3v) is 4.58. The Balaban J connectivity index is 1.93. The molecule has 3 atom stereocenters. The minimum absolute atomic E-state index is 0.0145. The Morgan fingerprint density at radius 3 is 2.76 bits per heavy atom. The van der Waals surface area contributed by atoms with E-state index in [2.05, 4.69) is 10.00 Å². The second-order valence-corrected chi connectivity index (χ2v) is 6.03. The molecular weight excluding hydrogens is 270 g/mol. The molecule has 3 rings (SSSR count). The lowest BCUT2D eigenvalue weighted by Gasteiger charge is -2.28. The number of hydrogen-bond acceptors (Lipinski definition) is 5. The molecule has 6 heteroatoms. The lowest BCUT2D eigenvalue weighted by molar-refractivity contribution is -0.145. The summed E-state index contributed by atoms with van der Waals surface area (Å²) in [6, 6.07) is 0.0633. The zero-order chi connectivity index (χ0) is 15.1. The predicted octanol–water partition coefficient (Wildman–Crippen LogP) is 1.58. The fraction of sp³-hybridized carbons (Fsp3) is 0.733. The van der Waals surface area contributed by atoms with E-state index in [1.165, 1.54) is 0 Å². The minimum atomic E-state index is -0.128. The van der Waals surface area contributed by atoms with E-state index >= 15 is 0 Å². The number of rotatable bonds is 3. The van der Waals surface area contributed by atoms with E-state index in [9.17, 15) is 4.79 Å². The molecule has 0 aliphatic carbocycles. The monoisotopic (exact) mass is 293 g/mol. The molecular formula is C15H23N3O3. The summed E-state index contributed by atoms with van der Waals surface area (Å²) in [5.74, 6) is 0.707. The van der Waals surface area contributed by atoms with Gasteiger partial charge in [-0.1, -0.05) is 0 Å². The molecule has 116 valence electrons. The van der Waals surface area contributed by atoms with E-state index in [1.54, 1.807) is 11.8 Å². The zero-order valence-electron chi connectivity index (χ0n) is 13.1. The van der Waals surface area contributed by atoms with Gasteiger partial charge in [0.2, 0.25) is 5.88 Å². The highest BCUT2D eigenvalue weighted by Gasteiger charge is 2.43. The van der Waals surface area contributed by atoms with Crippen molar-refractivity contribution in [3.05, 3.63) is 11.3 Å². The first-order chi connectivity index (χ1) is 10.0. The first-order valence-corrected chi connectivity index (χ1v) is 7.56. The van der Waals surface area contributed by atoms with Gasteiger partial charge in [0, 0.05) is 19.5 Å². The molecule has 1 aromatic heterocycles. The second kappa shape index (κ2) is 5.33. The summed E-state index contributed by atoms with van der Waals surface area (Å²) in [5.41, 5.74) is 2.09. The quantitative estimate of drug-likeness (QED) is 0.792. The standard InChI is InChI=1S/C15H23N3O3/c1-9-8-12(15(19)21-9)18-7-5-6-11(18)13-10(2)16-17(3)14(13)20-4/h9,11-12H,5-8H2,1-4H3/t9-,11+,12+/m1/s1. The van der Waals surface area contributed by atoms with Crippen LogP contribution in [0.25, 0.3) is 0 Å². The molecule has 0 bridgehead atoms. The highest BCUT2D eigenvalue weighted by atomic mass is 16.6. The van der Waals surface area contributed by atoms with Gasteiger partial charge in [0.05, 0.1) is 18.4 Å². The van der Waals surface area contributed by atoms with Crippen molar-refractivity contribution < 1.29 is 14.3 Å². The van der Waals surface area contributed by atoms with E-state index < -0.39 is 0 Å². The van der Waals surface area contributed by atoms with Crippen molar-refractivity contribution in [2.45, 2.75) is 51.3 Å². The van der Waals surface area contributed by atoms with Crippen molar-refractivity contribution >= 4 is 5.97 Å². The van der Waals surface area contributed by atoms with E-state index in [1.807, 2.05) is 20.9 Å². The van der Waals surface area contributed by atoms with E-state index in [-0.39, 0.29) is 24.2 Å². The first kappa shape index (κ1) is 14.4. The fourth-order valence-corrected chi connectivity index (χ4v) is 3.76. The summed E-state index contributed by atoms with van der Waals surface area (Å²) < 4.78 is 12.6. The molecule has 0 aromatic carbocycles. The van der Waals surface area contributed by atoms with Crippen LogP contribution in [0.5, 0.6) is 5.88 Å². The number of nitrogens with zero attached hydrogens (tertiary/aromatic N) is 3. The van der Waals surface area contributed by atoms with Gasteiger partial charge in [-0.2, -0.15) is 5.10 Å². The Hall–Kier alpha value is -1.56. The van der Waals surface area contributed by atoms with Crippen LogP contribution in [0.4, 0.5) is 0 Å². The van der Waals surface area contributed by atoms with Crippen LogP contribution >= 0.6 is 0 Å². The van der Waals surface area contributed by atoms with Crippen molar-refractivity contribution in [3.63, 3.8) is 0 Å². The van der Waals surface area contributed by atoms with Crippen molar-refractivity contribution in [1.82, 2.24) is 14.7 Å². The molecule has 6 nitrogen and oxygen atoms in total. The molecule has 0 unspecified atom stereocenters. The van der Waals surface area contributed by atoms with Crippen molar-refractivity contribution in [1.29, 1.82) is 0 Å². The number of likely N-dealkylation sites (tertiary alicyclic amines) is 1. The molecule has 2 aliphatic rings. The normalized spacial score (nSPS) is 29.9. The van der Waals surface area contributed by atoms with Crippen LogP contribution in [0.15, 0.2) is 0 Å². The maximum atomic E-state index is 12.1. The Bertz CT molecular complexity index is 555. The van der Waals surface area contributed by atoms with Gasteiger partial charge >= 0.3 is 5.97 Å². The van der Waals surface area contributed by atoms with Crippen LogP contribution in [-0.4, -0.2) is 46.5 Å². The first-order valence-electron chi connectivity index (χ1n) is 7.56. The average molecular weight is 293 g/mol. The lowest BCUT2D eigenvalue weighted by Crippen LogP contribution is -2.38. The largest absolute Gasteiger partial charge is 0.481 e. The number of carbonyl (C=O) groups excluding carboxylic acids is 1. The van der Waals surface area contributed by atoms with Crippen LogP contribution in [0, 0.1) is 6.92 Å². The Labute approximate surface area is 125 Å². The molecule has 3 heterocycles. The number of cyclic esters (lactones) is 1. The number of hydrogen-bond donors (Lipinski definition) is 0. The molecule has 2 fully saturated rings. The lowest BCUT2D eigenvalue weighted by atomic mass is 10.0. The topological polar surface area (TPSA) is 56.6 Å². The van der Waals surface area contributed by atoms with Crippen LogP contribution in [-0.2, 0) is 16.6 Å². The maximum Gasteiger partial charge on any atom is 0.323 e. The Morgan fingerprint density at radius 2 is 2.14 bits per heavy atom.